The maximum atomic E-state index is 13.4. The van der Waals surface area contributed by atoms with Gasteiger partial charge in [-0.15, -0.1) is 0 Å². The van der Waals surface area contributed by atoms with E-state index >= 15 is 0 Å². The lowest BCUT2D eigenvalue weighted by atomic mass is 10.3. The van der Waals surface area contributed by atoms with E-state index in [0.29, 0.717) is 24.7 Å². The molecule has 1 aliphatic rings. The molecule has 12 heteroatoms. The molecule has 0 bridgehead atoms. The molecule has 1 saturated heterocycles. The lowest BCUT2D eigenvalue weighted by Gasteiger charge is -2.26. The third-order valence-corrected chi connectivity index (χ3v) is 9.08. The average molecular weight is 520 g/mol. The van der Waals surface area contributed by atoms with Gasteiger partial charge in [-0.05, 0) is 48.5 Å². The van der Waals surface area contributed by atoms with Crippen molar-refractivity contribution < 1.29 is 30.8 Å². The van der Waals surface area contributed by atoms with E-state index in [1.807, 2.05) is 0 Å². The number of hydrogen-bond donors (Lipinski definition) is 1. The Morgan fingerprint density at radius 2 is 1.54 bits per heavy atom. The highest BCUT2D eigenvalue weighted by molar-refractivity contribution is 7.89. The molecular formula is C23H25N3O7S2. The number of furan rings is 1. The van der Waals surface area contributed by atoms with Crippen LogP contribution in [0.25, 0.3) is 0 Å². The summed E-state index contributed by atoms with van der Waals surface area (Å²) in [5.74, 6) is -0.176. The number of ether oxygens (including phenoxy) is 1. The second-order valence-corrected chi connectivity index (χ2v) is 11.6. The van der Waals surface area contributed by atoms with Crippen molar-refractivity contribution in [2.45, 2.75) is 16.3 Å². The molecule has 0 saturated carbocycles. The van der Waals surface area contributed by atoms with Gasteiger partial charge in [-0.2, -0.15) is 8.61 Å². The van der Waals surface area contributed by atoms with Crippen molar-refractivity contribution in [2.24, 2.45) is 0 Å². The summed E-state index contributed by atoms with van der Waals surface area (Å²) >= 11 is 0. The Balaban J connectivity index is 1.56. The molecule has 1 aromatic heterocycles. The highest BCUT2D eigenvalue weighted by Crippen LogP contribution is 2.23. The summed E-state index contributed by atoms with van der Waals surface area (Å²) in [5, 5.41) is 2.67. The van der Waals surface area contributed by atoms with Gasteiger partial charge in [-0.1, -0.05) is 18.2 Å². The van der Waals surface area contributed by atoms with Crippen LogP contribution in [-0.4, -0.2) is 64.2 Å². The quantitative estimate of drug-likeness (QED) is 0.459. The summed E-state index contributed by atoms with van der Waals surface area (Å²) in [6, 6.07) is 16.9. The molecule has 35 heavy (non-hydrogen) atoms. The topological polar surface area (TPSA) is 126 Å². The number of rotatable bonds is 9. The van der Waals surface area contributed by atoms with Crippen LogP contribution in [0, 0.1) is 0 Å². The van der Waals surface area contributed by atoms with Crippen molar-refractivity contribution in [3.63, 3.8) is 0 Å². The van der Waals surface area contributed by atoms with Gasteiger partial charge in [-0.25, -0.2) is 16.8 Å². The second kappa shape index (κ2) is 10.7. The van der Waals surface area contributed by atoms with Gasteiger partial charge >= 0.3 is 0 Å². The summed E-state index contributed by atoms with van der Waals surface area (Å²) in [4.78, 5) is 12.5. The zero-order valence-corrected chi connectivity index (χ0v) is 20.4. The predicted octanol–water partition coefficient (Wildman–Crippen LogP) is 2.13. The van der Waals surface area contributed by atoms with Gasteiger partial charge in [0.15, 0.2) is 0 Å². The van der Waals surface area contributed by atoms with Gasteiger partial charge in [0.25, 0.3) is 0 Å². The standard InChI is InChI=1S/C23H25N3O7S2/c27-23(24-19-5-2-1-3-6-19)18-26(17-20-7-4-14-33-20)35(30,31)22-10-8-21(9-11-22)34(28,29)25-12-15-32-16-13-25/h1-11,14H,12-13,15-18H2,(H,24,27). The molecule has 0 unspecified atom stereocenters. The number of nitrogens with one attached hydrogen (secondary N) is 1. The van der Waals surface area contributed by atoms with Crippen LogP contribution in [0.2, 0.25) is 0 Å². The van der Waals surface area contributed by atoms with Crippen LogP contribution < -0.4 is 5.32 Å². The SMILES string of the molecule is O=C(CN(Cc1ccco1)S(=O)(=O)c1ccc(S(=O)(=O)N2CCOCC2)cc1)Nc1ccccc1. The fraction of sp³-hybridized carbons (Fsp3) is 0.261. The molecule has 10 nitrogen and oxygen atoms in total. The van der Waals surface area contributed by atoms with Gasteiger partial charge < -0.3 is 14.5 Å². The maximum Gasteiger partial charge on any atom is 0.243 e. The van der Waals surface area contributed by atoms with Crippen LogP contribution in [-0.2, 0) is 36.1 Å². The Morgan fingerprint density at radius 1 is 0.886 bits per heavy atom. The average Bonchev–Trinajstić information content (AvgIpc) is 3.38. The van der Waals surface area contributed by atoms with Crippen molar-refractivity contribution in [2.75, 3.05) is 38.2 Å². The first-order valence-corrected chi connectivity index (χ1v) is 13.7. The molecule has 1 N–H and O–H groups in total. The lowest BCUT2D eigenvalue weighted by molar-refractivity contribution is -0.116. The van der Waals surface area contributed by atoms with Crippen molar-refractivity contribution >= 4 is 31.6 Å². The first-order valence-electron chi connectivity index (χ1n) is 10.8. The van der Waals surface area contributed by atoms with Gasteiger partial charge in [0.2, 0.25) is 26.0 Å². The highest BCUT2D eigenvalue weighted by atomic mass is 32.2. The molecule has 1 amide bonds. The Morgan fingerprint density at radius 3 is 2.17 bits per heavy atom. The minimum atomic E-state index is -4.17. The molecular weight excluding hydrogens is 494 g/mol. The van der Waals surface area contributed by atoms with E-state index in [0.717, 1.165) is 4.31 Å². The van der Waals surface area contributed by atoms with Crippen LogP contribution in [0.3, 0.4) is 0 Å². The van der Waals surface area contributed by atoms with Crippen LogP contribution in [0.15, 0.2) is 87.2 Å². The van der Waals surface area contributed by atoms with Crippen molar-refractivity contribution in [3.8, 4) is 0 Å². The van der Waals surface area contributed by atoms with Crippen LogP contribution in [0.1, 0.15) is 5.76 Å². The summed E-state index contributed by atoms with van der Waals surface area (Å²) in [7, 11) is -7.94. The monoisotopic (exact) mass is 519 g/mol. The summed E-state index contributed by atoms with van der Waals surface area (Å²) < 4.78 is 65.4. The van der Waals surface area contributed by atoms with Crippen molar-refractivity contribution in [1.29, 1.82) is 0 Å². The Hall–Kier alpha value is -3.03. The smallest absolute Gasteiger partial charge is 0.243 e. The number of sulfonamides is 2. The minimum Gasteiger partial charge on any atom is -0.468 e. The maximum absolute atomic E-state index is 13.4. The fourth-order valence-electron chi connectivity index (χ4n) is 3.55. The van der Waals surface area contributed by atoms with Crippen LogP contribution >= 0.6 is 0 Å². The largest absolute Gasteiger partial charge is 0.468 e. The number of carbonyl (C=O) groups excluding carboxylic acids is 1. The predicted molar refractivity (Wildman–Crippen MR) is 127 cm³/mol. The number of morpholine rings is 1. The van der Waals surface area contributed by atoms with Gasteiger partial charge in [0.1, 0.15) is 5.76 Å². The van der Waals surface area contributed by atoms with E-state index in [1.54, 1.807) is 42.5 Å². The minimum absolute atomic E-state index is 0.0160. The number of hydrogen-bond acceptors (Lipinski definition) is 7. The summed E-state index contributed by atoms with van der Waals surface area (Å²) in [6.45, 7) is 0.430. The number of anilines is 1. The Labute approximate surface area is 204 Å². The number of benzene rings is 2. The second-order valence-electron chi connectivity index (χ2n) is 7.75. The molecule has 2 heterocycles. The molecule has 4 rings (SSSR count). The molecule has 3 aromatic rings. The first-order chi connectivity index (χ1) is 16.8. The summed E-state index contributed by atoms with van der Waals surface area (Å²) in [5.41, 5.74) is 0.533. The molecule has 2 aromatic carbocycles. The van der Waals surface area contributed by atoms with Crippen molar-refractivity contribution in [3.05, 3.63) is 78.8 Å². The number of para-hydroxylation sites is 1. The molecule has 0 aliphatic carbocycles. The van der Waals surface area contributed by atoms with E-state index in [-0.39, 0.29) is 29.4 Å². The van der Waals surface area contributed by atoms with Gasteiger partial charge in [0, 0.05) is 18.8 Å². The molecule has 186 valence electrons. The van der Waals surface area contributed by atoms with E-state index in [2.05, 4.69) is 5.32 Å². The number of carbonyl (C=O) groups is 1. The Kier molecular flexibility index (Phi) is 7.67. The zero-order valence-electron chi connectivity index (χ0n) is 18.7. The molecule has 0 spiro atoms. The fourth-order valence-corrected chi connectivity index (χ4v) is 6.32. The van der Waals surface area contributed by atoms with Gasteiger partial charge in [0.05, 0.1) is 42.4 Å². The van der Waals surface area contributed by atoms with E-state index in [4.69, 9.17) is 9.15 Å². The van der Waals surface area contributed by atoms with Gasteiger partial charge in [-0.3, -0.25) is 4.79 Å². The summed E-state index contributed by atoms with van der Waals surface area (Å²) in [6.07, 6.45) is 1.41. The molecule has 0 radical (unpaired) electrons. The van der Waals surface area contributed by atoms with Crippen molar-refractivity contribution in [1.82, 2.24) is 8.61 Å². The Bertz CT molecular complexity index is 1340. The molecule has 0 atom stereocenters. The lowest BCUT2D eigenvalue weighted by Crippen LogP contribution is -2.40. The number of nitrogens with zero attached hydrogens (tertiary/aromatic N) is 2. The van der Waals surface area contributed by atoms with Crippen LogP contribution in [0.5, 0.6) is 0 Å². The molecule has 1 aliphatic heterocycles. The van der Waals surface area contributed by atoms with E-state index in [9.17, 15) is 21.6 Å². The van der Waals surface area contributed by atoms with Crippen LogP contribution in [0.4, 0.5) is 5.69 Å². The highest BCUT2D eigenvalue weighted by Gasteiger charge is 2.30. The van der Waals surface area contributed by atoms with E-state index < -0.39 is 32.5 Å². The third-order valence-electron chi connectivity index (χ3n) is 5.36. The number of amides is 1. The first kappa shape index (κ1) is 25.1. The molecule has 1 fully saturated rings. The normalized spacial score (nSPS) is 15.2. The van der Waals surface area contributed by atoms with E-state index in [1.165, 1.54) is 34.8 Å². The third kappa shape index (κ3) is 5.97. The zero-order chi connectivity index (χ0) is 24.9.